The maximum absolute atomic E-state index is 11.1. The second-order valence-corrected chi connectivity index (χ2v) is 3.54. The lowest BCUT2D eigenvalue weighted by molar-refractivity contribution is 0.0607. The average molecular weight is 197 g/mol. The number of nitrogens with two attached hydrogens (primary N) is 1. The second kappa shape index (κ2) is 3.62. The van der Waals surface area contributed by atoms with E-state index in [0.29, 0.717) is 10.6 Å². The number of hydrogen-bond acceptors (Lipinski definition) is 4. The van der Waals surface area contributed by atoms with Gasteiger partial charge in [0.15, 0.2) is 0 Å². The summed E-state index contributed by atoms with van der Waals surface area (Å²) in [5, 5.41) is 1.81. The summed E-state index contributed by atoms with van der Waals surface area (Å²) in [6, 6.07) is 0. The van der Waals surface area contributed by atoms with Crippen LogP contribution < -0.4 is 5.73 Å². The van der Waals surface area contributed by atoms with Crippen molar-refractivity contribution in [3.63, 3.8) is 0 Å². The molecule has 0 aromatic carbocycles. The zero-order chi connectivity index (χ0) is 10.0. The lowest BCUT2D eigenvalue weighted by Crippen LogP contribution is -2.02. The monoisotopic (exact) mass is 197 g/mol. The zero-order valence-electron chi connectivity index (χ0n) is 7.59. The molecule has 3 nitrogen and oxygen atoms in total. The normalized spacial score (nSPS) is 9.69. The number of thiophene rings is 1. The predicted octanol–water partition coefficient (Wildman–Crippen LogP) is 2.15. The number of nitrogen functional groups attached to an aromatic ring is 1. The number of ether oxygens (including phenoxy) is 1. The molecular formula is C9H11NO2S. The number of anilines is 1. The van der Waals surface area contributed by atoms with Crippen LogP contribution >= 0.6 is 11.3 Å². The van der Waals surface area contributed by atoms with Crippen molar-refractivity contribution in [1.29, 1.82) is 0 Å². The van der Waals surface area contributed by atoms with E-state index in [4.69, 9.17) is 5.73 Å². The van der Waals surface area contributed by atoms with Crippen molar-refractivity contribution in [3.05, 3.63) is 22.4 Å². The molecule has 1 heterocycles. The summed E-state index contributed by atoms with van der Waals surface area (Å²) in [5.74, 6) is -0.394. The van der Waals surface area contributed by atoms with Gasteiger partial charge < -0.3 is 10.5 Å². The van der Waals surface area contributed by atoms with Gasteiger partial charge in [-0.3, -0.25) is 0 Å². The predicted molar refractivity (Wildman–Crippen MR) is 54.8 cm³/mol. The zero-order valence-corrected chi connectivity index (χ0v) is 8.40. The van der Waals surface area contributed by atoms with Crippen LogP contribution in [-0.4, -0.2) is 13.1 Å². The highest BCUT2D eigenvalue weighted by molar-refractivity contribution is 7.12. The topological polar surface area (TPSA) is 52.3 Å². The van der Waals surface area contributed by atoms with Crippen LogP contribution in [0.2, 0.25) is 0 Å². The van der Waals surface area contributed by atoms with Crippen LogP contribution in [0.4, 0.5) is 5.69 Å². The molecule has 0 aliphatic heterocycles. The molecule has 0 amide bonds. The fourth-order valence-corrected chi connectivity index (χ4v) is 1.93. The lowest BCUT2D eigenvalue weighted by atomic mass is 10.1. The molecule has 0 fully saturated rings. The van der Waals surface area contributed by atoms with Gasteiger partial charge in [0.25, 0.3) is 0 Å². The van der Waals surface area contributed by atoms with Crippen molar-refractivity contribution in [2.24, 2.45) is 0 Å². The first kappa shape index (κ1) is 9.80. The minimum absolute atomic E-state index is 0.394. The van der Waals surface area contributed by atoms with Crippen molar-refractivity contribution in [2.75, 3.05) is 12.8 Å². The van der Waals surface area contributed by atoms with Gasteiger partial charge in [-0.1, -0.05) is 6.58 Å². The summed E-state index contributed by atoms with van der Waals surface area (Å²) in [7, 11) is 1.34. The van der Waals surface area contributed by atoms with Gasteiger partial charge in [-0.25, -0.2) is 4.79 Å². The molecule has 0 saturated heterocycles. The van der Waals surface area contributed by atoms with E-state index in [1.54, 1.807) is 0 Å². The lowest BCUT2D eigenvalue weighted by Gasteiger charge is -1.99. The molecule has 0 atom stereocenters. The average Bonchev–Trinajstić information content (AvgIpc) is 2.46. The van der Waals surface area contributed by atoms with E-state index < -0.39 is 5.97 Å². The maximum Gasteiger partial charge on any atom is 0.350 e. The third-order valence-electron chi connectivity index (χ3n) is 1.66. The third-order valence-corrected chi connectivity index (χ3v) is 2.64. The molecule has 2 N–H and O–H groups in total. The summed E-state index contributed by atoms with van der Waals surface area (Å²) < 4.78 is 4.57. The Labute approximate surface area is 80.8 Å². The van der Waals surface area contributed by atoms with Crippen LogP contribution in [0.25, 0.3) is 5.57 Å². The summed E-state index contributed by atoms with van der Waals surface area (Å²) in [5.41, 5.74) is 7.87. The Morgan fingerprint density at radius 1 is 1.69 bits per heavy atom. The van der Waals surface area contributed by atoms with Crippen molar-refractivity contribution < 1.29 is 9.53 Å². The molecule has 0 aliphatic carbocycles. The van der Waals surface area contributed by atoms with Crippen molar-refractivity contribution in [3.8, 4) is 0 Å². The van der Waals surface area contributed by atoms with Gasteiger partial charge in [-0.15, -0.1) is 11.3 Å². The fraction of sp³-hybridized carbons (Fsp3) is 0.222. The first-order valence-electron chi connectivity index (χ1n) is 3.69. The minimum atomic E-state index is -0.394. The first-order chi connectivity index (χ1) is 6.07. The van der Waals surface area contributed by atoms with Crippen molar-refractivity contribution in [1.82, 2.24) is 0 Å². The summed E-state index contributed by atoms with van der Waals surface area (Å²) in [6.07, 6.45) is 0. The molecule has 0 radical (unpaired) electrons. The molecule has 0 spiro atoms. The standard InChI is InChI=1S/C9H11NO2S/c1-5(2)6-4-13-8(7(6)10)9(11)12-3/h4H,1,10H2,2-3H3. The van der Waals surface area contributed by atoms with Gasteiger partial charge in [-0.05, 0) is 12.5 Å². The highest BCUT2D eigenvalue weighted by Crippen LogP contribution is 2.30. The van der Waals surface area contributed by atoms with E-state index in [0.717, 1.165) is 11.1 Å². The third kappa shape index (κ3) is 1.72. The second-order valence-electron chi connectivity index (χ2n) is 2.66. The van der Waals surface area contributed by atoms with Gasteiger partial charge >= 0.3 is 5.97 Å². The van der Waals surface area contributed by atoms with Crippen molar-refractivity contribution >= 4 is 28.6 Å². The molecule has 13 heavy (non-hydrogen) atoms. The molecule has 0 saturated carbocycles. The molecule has 0 bridgehead atoms. The summed E-state index contributed by atoms with van der Waals surface area (Å²) in [6.45, 7) is 5.61. The number of allylic oxidation sites excluding steroid dienone is 1. The van der Waals surface area contributed by atoms with E-state index in [2.05, 4.69) is 11.3 Å². The number of carbonyl (C=O) groups excluding carboxylic acids is 1. The molecule has 1 aromatic heterocycles. The number of rotatable bonds is 2. The van der Waals surface area contributed by atoms with Gasteiger partial charge in [-0.2, -0.15) is 0 Å². The largest absolute Gasteiger partial charge is 0.465 e. The molecule has 1 rings (SSSR count). The van der Waals surface area contributed by atoms with Crippen LogP contribution in [0.15, 0.2) is 12.0 Å². The Hall–Kier alpha value is -1.29. The number of carbonyl (C=O) groups is 1. The van der Waals surface area contributed by atoms with E-state index in [-0.39, 0.29) is 0 Å². The Kier molecular flexibility index (Phi) is 2.72. The molecule has 0 unspecified atom stereocenters. The van der Waals surface area contributed by atoms with Crippen LogP contribution in [0.3, 0.4) is 0 Å². The van der Waals surface area contributed by atoms with Crippen LogP contribution in [0.1, 0.15) is 22.2 Å². The van der Waals surface area contributed by atoms with Crippen LogP contribution in [-0.2, 0) is 4.74 Å². The van der Waals surface area contributed by atoms with E-state index in [1.165, 1.54) is 18.4 Å². The van der Waals surface area contributed by atoms with Crippen molar-refractivity contribution in [2.45, 2.75) is 6.92 Å². The van der Waals surface area contributed by atoms with E-state index in [9.17, 15) is 4.79 Å². The smallest absolute Gasteiger partial charge is 0.350 e. The molecule has 0 aliphatic rings. The molecular weight excluding hydrogens is 186 g/mol. The Morgan fingerprint density at radius 2 is 2.31 bits per heavy atom. The van der Waals surface area contributed by atoms with Crippen LogP contribution in [0, 0.1) is 0 Å². The summed E-state index contributed by atoms with van der Waals surface area (Å²) in [4.78, 5) is 11.6. The molecule has 1 aromatic rings. The van der Waals surface area contributed by atoms with Gasteiger partial charge in [0.05, 0.1) is 12.8 Å². The minimum Gasteiger partial charge on any atom is -0.465 e. The maximum atomic E-state index is 11.1. The SMILES string of the molecule is C=C(C)c1csc(C(=O)OC)c1N. The number of hydrogen-bond donors (Lipinski definition) is 1. The van der Waals surface area contributed by atoms with E-state index >= 15 is 0 Å². The Balaban J connectivity index is 3.13. The molecule has 4 heteroatoms. The number of methoxy groups -OCH3 is 1. The highest BCUT2D eigenvalue weighted by atomic mass is 32.1. The van der Waals surface area contributed by atoms with Gasteiger partial charge in [0.2, 0.25) is 0 Å². The quantitative estimate of drug-likeness (QED) is 0.739. The van der Waals surface area contributed by atoms with Crippen LogP contribution in [0.5, 0.6) is 0 Å². The summed E-state index contributed by atoms with van der Waals surface area (Å²) >= 11 is 1.28. The highest BCUT2D eigenvalue weighted by Gasteiger charge is 2.15. The Morgan fingerprint density at radius 3 is 2.69 bits per heavy atom. The first-order valence-corrected chi connectivity index (χ1v) is 4.57. The van der Waals surface area contributed by atoms with Gasteiger partial charge in [0, 0.05) is 10.9 Å². The number of esters is 1. The van der Waals surface area contributed by atoms with E-state index in [1.807, 2.05) is 12.3 Å². The Bertz CT molecular complexity index is 354. The fourth-order valence-electron chi connectivity index (χ4n) is 0.948. The molecule has 70 valence electrons. The van der Waals surface area contributed by atoms with Gasteiger partial charge in [0.1, 0.15) is 4.88 Å².